The number of halogens is 2. The number of carbonyl (C=O) groups excluding carboxylic acids is 2. The zero-order chi connectivity index (χ0) is 14.0. The number of nitrogens with one attached hydrogen (secondary N) is 1. The number of hydrogen-bond donors (Lipinski definition) is 1. The Balaban J connectivity index is 2.43. The second-order valence-corrected chi connectivity index (χ2v) is 4.75. The van der Waals surface area contributed by atoms with Gasteiger partial charge in [0, 0.05) is 23.8 Å². The monoisotopic (exact) mass is 267 g/mol. The average molecular weight is 267 g/mol. The van der Waals surface area contributed by atoms with Crippen LogP contribution in [-0.4, -0.2) is 11.8 Å². The Hall–Kier alpha value is -1.78. The van der Waals surface area contributed by atoms with Gasteiger partial charge in [0.2, 0.25) is 11.8 Å². The van der Waals surface area contributed by atoms with E-state index in [1.165, 1.54) is 6.07 Å². The van der Waals surface area contributed by atoms with Gasteiger partial charge in [-0.15, -0.1) is 0 Å². The molecule has 102 valence electrons. The molecular formula is C14H15F2NO2. The van der Waals surface area contributed by atoms with Gasteiger partial charge in [0.05, 0.1) is 0 Å². The maximum Gasteiger partial charge on any atom is 0.230 e. The molecule has 1 saturated heterocycles. The van der Waals surface area contributed by atoms with Crippen LogP contribution < -0.4 is 5.32 Å². The van der Waals surface area contributed by atoms with E-state index in [4.69, 9.17) is 0 Å². The van der Waals surface area contributed by atoms with Crippen molar-refractivity contribution in [3.05, 3.63) is 35.4 Å². The summed E-state index contributed by atoms with van der Waals surface area (Å²) in [6.45, 7) is 1.89. The maximum absolute atomic E-state index is 13.8. The van der Waals surface area contributed by atoms with Gasteiger partial charge in [-0.1, -0.05) is 19.4 Å². The second-order valence-electron chi connectivity index (χ2n) is 4.75. The highest BCUT2D eigenvalue weighted by Crippen LogP contribution is 2.36. The lowest BCUT2D eigenvalue weighted by atomic mass is 9.77. The van der Waals surface area contributed by atoms with E-state index in [0.717, 1.165) is 12.1 Å². The summed E-state index contributed by atoms with van der Waals surface area (Å²) in [6, 6.07) is 3.57. The third kappa shape index (κ3) is 2.64. The first-order valence-corrected chi connectivity index (χ1v) is 6.32. The van der Waals surface area contributed by atoms with Crippen LogP contribution in [0.5, 0.6) is 0 Å². The summed E-state index contributed by atoms with van der Waals surface area (Å²) in [7, 11) is 0. The van der Waals surface area contributed by atoms with Crippen molar-refractivity contribution in [1.82, 2.24) is 5.32 Å². The van der Waals surface area contributed by atoms with Crippen LogP contribution in [0.3, 0.4) is 0 Å². The van der Waals surface area contributed by atoms with Crippen LogP contribution in [-0.2, 0) is 9.59 Å². The Bertz CT molecular complexity index is 496. The lowest BCUT2D eigenvalue weighted by Gasteiger charge is -2.30. The topological polar surface area (TPSA) is 46.2 Å². The summed E-state index contributed by atoms with van der Waals surface area (Å²) in [5.41, 5.74) is -0.149. The molecule has 1 aliphatic heterocycles. The van der Waals surface area contributed by atoms with E-state index in [9.17, 15) is 18.4 Å². The van der Waals surface area contributed by atoms with Gasteiger partial charge in [0.15, 0.2) is 0 Å². The molecule has 5 heteroatoms. The van der Waals surface area contributed by atoms with Crippen molar-refractivity contribution in [3.8, 4) is 0 Å². The normalized spacial score (nSPS) is 23.3. The van der Waals surface area contributed by atoms with Gasteiger partial charge in [0.25, 0.3) is 0 Å². The molecule has 1 fully saturated rings. The number of benzene rings is 1. The minimum absolute atomic E-state index is 0.0613. The first-order valence-electron chi connectivity index (χ1n) is 6.32. The van der Waals surface area contributed by atoms with Crippen molar-refractivity contribution >= 4 is 11.8 Å². The third-order valence-electron chi connectivity index (χ3n) is 3.46. The summed E-state index contributed by atoms with van der Waals surface area (Å²) < 4.78 is 27.6. The molecule has 2 unspecified atom stereocenters. The number of rotatable bonds is 3. The summed E-state index contributed by atoms with van der Waals surface area (Å²) in [5.74, 6) is -3.60. The van der Waals surface area contributed by atoms with E-state index in [-0.39, 0.29) is 12.0 Å². The Kier molecular flexibility index (Phi) is 3.93. The van der Waals surface area contributed by atoms with E-state index >= 15 is 0 Å². The lowest BCUT2D eigenvalue weighted by molar-refractivity contribution is -0.137. The summed E-state index contributed by atoms with van der Waals surface area (Å²) >= 11 is 0. The Morgan fingerprint density at radius 2 is 1.89 bits per heavy atom. The van der Waals surface area contributed by atoms with Gasteiger partial charge in [-0.25, -0.2) is 8.78 Å². The Morgan fingerprint density at radius 3 is 2.47 bits per heavy atom. The fraction of sp³-hybridized carbons (Fsp3) is 0.429. The van der Waals surface area contributed by atoms with E-state index in [0.29, 0.717) is 12.8 Å². The van der Waals surface area contributed by atoms with Gasteiger partial charge in [-0.2, -0.15) is 0 Å². The first kappa shape index (κ1) is 13.6. The second kappa shape index (κ2) is 5.47. The van der Waals surface area contributed by atoms with Gasteiger partial charge < -0.3 is 0 Å². The highest BCUT2D eigenvalue weighted by Gasteiger charge is 2.38. The maximum atomic E-state index is 13.8. The van der Waals surface area contributed by atoms with Crippen LogP contribution in [0.1, 0.15) is 37.7 Å². The first-order chi connectivity index (χ1) is 9.04. The molecule has 0 aliphatic carbocycles. The Labute approximate surface area is 110 Å². The average Bonchev–Trinajstić information content (AvgIpc) is 2.33. The Morgan fingerprint density at radius 1 is 1.26 bits per heavy atom. The highest BCUT2D eigenvalue weighted by atomic mass is 19.1. The molecule has 1 aromatic rings. The number of amides is 2. The van der Waals surface area contributed by atoms with Crippen molar-refractivity contribution in [2.24, 2.45) is 5.92 Å². The minimum Gasteiger partial charge on any atom is -0.296 e. The summed E-state index contributed by atoms with van der Waals surface area (Å²) in [6.07, 6.45) is 1.14. The molecule has 0 radical (unpaired) electrons. The molecule has 19 heavy (non-hydrogen) atoms. The van der Waals surface area contributed by atoms with Gasteiger partial charge >= 0.3 is 0 Å². The molecule has 0 bridgehead atoms. The molecule has 0 saturated carbocycles. The fourth-order valence-corrected chi connectivity index (χ4v) is 2.62. The van der Waals surface area contributed by atoms with Crippen LogP contribution >= 0.6 is 0 Å². The molecule has 0 aromatic heterocycles. The van der Waals surface area contributed by atoms with Crippen LogP contribution in [0, 0.1) is 17.6 Å². The van der Waals surface area contributed by atoms with Crippen molar-refractivity contribution in [3.63, 3.8) is 0 Å². The van der Waals surface area contributed by atoms with Crippen molar-refractivity contribution in [1.29, 1.82) is 0 Å². The molecule has 0 spiro atoms. The van der Waals surface area contributed by atoms with Crippen molar-refractivity contribution < 1.29 is 18.4 Å². The zero-order valence-corrected chi connectivity index (χ0v) is 10.6. The van der Waals surface area contributed by atoms with Crippen LogP contribution in [0.25, 0.3) is 0 Å². The fourth-order valence-electron chi connectivity index (χ4n) is 2.62. The minimum atomic E-state index is -0.720. The SMILES string of the molecule is CCCC1C(=O)NC(=O)CC1c1c(F)cccc1F. The smallest absolute Gasteiger partial charge is 0.230 e. The van der Waals surface area contributed by atoms with Gasteiger partial charge in [-0.3, -0.25) is 14.9 Å². The largest absolute Gasteiger partial charge is 0.296 e. The predicted octanol–water partition coefficient (Wildman–Crippen LogP) is 2.51. The van der Waals surface area contributed by atoms with E-state index in [1.54, 1.807) is 0 Å². The number of hydrogen-bond acceptors (Lipinski definition) is 2. The molecule has 2 rings (SSSR count). The summed E-state index contributed by atoms with van der Waals surface area (Å²) in [5, 5.41) is 2.23. The number of piperidine rings is 1. The van der Waals surface area contributed by atoms with E-state index < -0.39 is 35.3 Å². The highest BCUT2D eigenvalue weighted by molar-refractivity contribution is 5.99. The molecule has 1 N–H and O–H groups in total. The molecule has 1 heterocycles. The molecule has 2 atom stereocenters. The molecule has 1 aromatic carbocycles. The van der Waals surface area contributed by atoms with E-state index in [1.807, 2.05) is 6.92 Å². The van der Waals surface area contributed by atoms with Crippen LogP contribution in [0.2, 0.25) is 0 Å². The van der Waals surface area contributed by atoms with Crippen LogP contribution in [0.15, 0.2) is 18.2 Å². The van der Waals surface area contributed by atoms with Crippen molar-refractivity contribution in [2.75, 3.05) is 0 Å². The number of carbonyl (C=O) groups is 2. The molecular weight excluding hydrogens is 252 g/mol. The molecule has 2 amide bonds. The summed E-state index contributed by atoms with van der Waals surface area (Å²) in [4.78, 5) is 23.3. The van der Waals surface area contributed by atoms with E-state index in [2.05, 4.69) is 5.32 Å². The number of imide groups is 1. The van der Waals surface area contributed by atoms with Crippen molar-refractivity contribution in [2.45, 2.75) is 32.1 Å². The standard InChI is InChI=1S/C14H15F2NO2/c1-2-4-8-9(7-12(18)17-14(8)19)13-10(15)5-3-6-11(13)16/h3,5-6,8-9H,2,4,7H2,1H3,(H,17,18,19). The quantitative estimate of drug-likeness (QED) is 0.855. The zero-order valence-electron chi connectivity index (χ0n) is 10.6. The third-order valence-corrected chi connectivity index (χ3v) is 3.46. The predicted molar refractivity (Wildman–Crippen MR) is 65.3 cm³/mol. The lowest BCUT2D eigenvalue weighted by Crippen LogP contribution is -2.45. The van der Waals surface area contributed by atoms with Crippen LogP contribution in [0.4, 0.5) is 8.78 Å². The molecule has 1 aliphatic rings. The molecule has 3 nitrogen and oxygen atoms in total. The van der Waals surface area contributed by atoms with Gasteiger partial charge in [-0.05, 0) is 18.6 Å². The van der Waals surface area contributed by atoms with Gasteiger partial charge in [0.1, 0.15) is 11.6 Å².